The molecular weight excluding hydrogens is 352 g/mol. The summed E-state index contributed by atoms with van der Waals surface area (Å²) in [5.41, 5.74) is 2.75. The monoisotopic (exact) mass is 380 g/mol. The first-order valence-electron chi connectivity index (χ1n) is 9.66. The van der Waals surface area contributed by atoms with Crippen molar-refractivity contribution in [2.24, 2.45) is 0 Å². The van der Waals surface area contributed by atoms with Gasteiger partial charge in [0.05, 0.1) is 17.0 Å². The van der Waals surface area contributed by atoms with Crippen molar-refractivity contribution in [2.75, 3.05) is 31.6 Å². The maximum Gasteiger partial charge on any atom is 0.222 e. The summed E-state index contributed by atoms with van der Waals surface area (Å²) in [7, 11) is 1.94. The van der Waals surface area contributed by atoms with Crippen LogP contribution in [0.4, 0.5) is 5.82 Å². The van der Waals surface area contributed by atoms with Crippen LogP contribution in [-0.4, -0.2) is 52.4 Å². The Morgan fingerprint density at radius 2 is 2.04 bits per heavy atom. The van der Waals surface area contributed by atoms with Gasteiger partial charge in [0.1, 0.15) is 11.9 Å². The van der Waals surface area contributed by atoms with Crippen molar-refractivity contribution in [3.8, 4) is 6.07 Å². The Balaban J connectivity index is 0.000000237. The van der Waals surface area contributed by atoms with Crippen molar-refractivity contribution in [3.05, 3.63) is 47.7 Å². The molecule has 1 amide bonds. The zero-order chi connectivity index (χ0) is 20.4. The Hall–Kier alpha value is -3.01. The smallest absolute Gasteiger partial charge is 0.222 e. The number of carbonyl (C=O) groups is 1. The highest BCUT2D eigenvalue weighted by molar-refractivity contribution is 5.78. The Kier molecular flexibility index (Phi) is 8.35. The van der Waals surface area contributed by atoms with Gasteiger partial charge in [0, 0.05) is 51.7 Å². The minimum Gasteiger partial charge on any atom is -0.358 e. The number of aryl methyl sites for hydroxylation is 2. The second-order valence-electron chi connectivity index (χ2n) is 6.76. The zero-order valence-electron chi connectivity index (χ0n) is 16.9. The molecule has 1 aliphatic heterocycles. The quantitative estimate of drug-likeness (QED) is 0.766. The van der Waals surface area contributed by atoms with Crippen LogP contribution in [0.2, 0.25) is 0 Å². The van der Waals surface area contributed by atoms with E-state index >= 15 is 0 Å². The molecule has 0 unspecified atom stereocenters. The van der Waals surface area contributed by atoms with Crippen LogP contribution in [-0.2, 0) is 11.2 Å². The van der Waals surface area contributed by atoms with E-state index in [9.17, 15) is 4.79 Å². The normalized spacial score (nSPS) is 12.9. The maximum atomic E-state index is 11.5. The number of carbonyl (C=O) groups excluding carboxylic acids is 1. The van der Waals surface area contributed by atoms with Crippen molar-refractivity contribution in [1.82, 2.24) is 19.9 Å². The third-order valence-electron chi connectivity index (χ3n) is 4.61. The third kappa shape index (κ3) is 6.31. The summed E-state index contributed by atoms with van der Waals surface area (Å²) in [6.07, 6.45) is 8.87. The third-order valence-corrected chi connectivity index (χ3v) is 4.61. The van der Waals surface area contributed by atoms with Crippen molar-refractivity contribution < 1.29 is 4.79 Å². The summed E-state index contributed by atoms with van der Waals surface area (Å²) in [4.78, 5) is 27.9. The van der Waals surface area contributed by atoms with Gasteiger partial charge in [-0.05, 0) is 31.9 Å². The van der Waals surface area contributed by atoms with Gasteiger partial charge in [0.15, 0.2) is 0 Å². The first kappa shape index (κ1) is 21.3. The molecule has 3 heterocycles. The molecule has 2 aromatic heterocycles. The molecule has 0 spiro atoms. The lowest BCUT2D eigenvalue weighted by molar-refractivity contribution is -0.127. The van der Waals surface area contributed by atoms with Crippen LogP contribution >= 0.6 is 0 Å². The van der Waals surface area contributed by atoms with Crippen LogP contribution in [0, 0.1) is 18.3 Å². The number of anilines is 1. The number of rotatable bonds is 6. The summed E-state index contributed by atoms with van der Waals surface area (Å²) in [6, 6.07) is 5.62. The van der Waals surface area contributed by atoms with Gasteiger partial charge in [0.25, 0.3) is 0 Å². The van der Waals surface area contributed by atoms with E-state index in [4.69, 9.17) is 5.26 Å². The van der Waals surface area contributed by atoms with Gasteiger partial charge >= 0.3 is 0 Å². The number of aromatic nitrogens is 3. The average molecular weight is 380 g/mol. The van der Waals surface area contributed by atoms with E-state index in [-0.39, 0.29) is 5.91 Å². The number of pyridine rings is 1. The Morgan fingerprint density at radius 3 is 2.61 bits per heavy atom. The molecule has 0 radical (unpaired) electrons. The molecule has 3 rings (SSSR count). The van der Waals surface area contributed by atoms with Crippen LogP contribution in [0.15, 0.2) is 30.7 Å². The first-order chi connectivity index (χ1) is 13.5. The van der Waals surface area contributed by atoms with Gasteiger partial charge in [-0.15, -0.1) is 0 Å². The fraction of sp³-hybridized carbons (Fsp3) is 0.476. The summed E-state index contributed by atoms with van der Waals surface area (Å²) >= 11 is 0. The number of amides is 1. The Bertz CT molecular complexity index is 799. The van der Waals surface area contributed by atoms with Crippen molar-refractivity contribution in [3.63, 3.8) is 0 Å². The number of nitriles is 1. The van der Waals surface area contributed by atoms with E-state index in [0.29, 0.717) is 12.0 Å². The average Bonchev–Trinajstić information content (AvgIpc) is 3.13. The van der Waals surface area contributed by atoms with Crippen LogP contribution in [0.1, 0.15) is 43.1 Å². The molecule has 1 aliphatic rings. The van der Waals surface area contributed by atoms with Gasteiger partial charge in [-0.1, -0.05) is 13.3 Å². The molecule has 0 atom stereocenters. The molecule has 1 fully saturated rings. The minimum atomic E-state index is 0.246. The second-order valence-corrected chi connectivity index (χ2v) is 6.76. The van der Waals surface area contributed by atoms with Crippen LogP contribution in [0.3, 0.4) is 0 Å². The molecule has 2 aromatic rings. The zero-order valence-corrected chi connectivity index (χ0v) is 16.9. The molecule has 148 valence electrons. The predicted octanol–water partition coefficient (Wildman–Crippen LogP) is 2.75. The minimum absolute atomic E-state index is 0.246. The van der Waals surface area contributed by atoms with Gasteiger partial charge in [-0.3, -0.25) is 14.8 Å². The highest BCUT2D eigenvalue weighted by Gasteiger charge is 2.19. The number of likely N-dealkylation sites (tertiary alicyclic amines) is 1. The maximum absolute atomic E-state index is 11.5. The summed E-state index contributed by atoms with van der Waals surface area (Å²) in [6.45, 7) is 6.50. The molecule has 0 saturated carbocycles. The molecule has 0 N–H and O–H groups in total. The molecule has 0 aliphatic carbocycles. The van der Waals surface area contributed by atoms with Crippen LogP contribution in [0.25, 0.3) is 0 Å². The molecule has 0 bridgehead atoms. The molecule has 7 nitrogen and oxygen atoms in total. The number of hydrogen-bond donors (Lipinski definition) is 0. The molecule has 28 heavy (non-hydrogen) atoms. The number of hydrogen-bond acceptors (Lipinski definition) is 6. The van der Waals surface area contributed by atoms with E-state index < -0.39 is 0 Å². The lowest BCUT2D eigenvalue weighted by Gasteiger charge is -2.22. The van der Waals surface area contributed by atoms with Crippen molar-refractivity contribution in [1.29, 1.82) is 5.26 Å². The van der Waals surface area contributed by atoms with E-state index in [2.05, 4.69) is 21.9 Å². The fourth-order valence-corrected chi connectivity index (χ4v) is 2.92. The predicted molar refractivity (Wildman–Crippen MR) is 109 cm³/mol. The van der Waals surface area contributed by atoms with Gasteiger partial charge in [-0.2, -0.15) is 5.26 Å². The SMILES string of the molecule is CCCc1nccnc1C.CN(CCN1CCCC1=O)c1ccc(C#N)cn1. The molecule has 1 saturated heterocycles. The van der Waals surface area contributed by atoms with Crippen LogP contribution < -0.4 is 4.90 Å². The molecule has 7 heteroatoms. The van der Waals surface area contributed by atoms with E-state index in [1.54, 1.807) is 24.7 Å². The topological polar surface area (TPSA) is 86.0 Å². The highest BCUT2D eigenvalue weighted by Crippen LogP contribution is 2.12. The summed E-state index contributed by atoms with van der Waals surface area (Å²) < 4.78 is 0. The van der Waals surface area contributed by atoms with Crippen LogP contribution in [0.5, 0.6) is 0 Å². The van der Waals surface area contributed by atoms with E-state index in [1.165, 1.54) is 0 Å². The fourth-order valence-electron chi connectivity index (χ4n) is 2.92. The Labute approximate surface area is 167 Å². The summed E-state index contributed by atoms with van der Waals surface area (Å²) in [5.74, 6) is 1.07. The lowest BCUT2D eigenvalue weighted by Crippen LogP contribution is -2.34. The second kappa shape index (κ2) is 11.0. The lowest BCUT2D eigenvalue weighted by atomic mass is 10.2. The number of nitrogens with zero attached hydrogens (tertiary/aromatic N) is 6. The Morgan fingerprint density at radius 1 is 1.25 bits per heavy atom. The van der Waals surface area contributed by atoms with Gasteiger partial charge in [-0.25, -0.2) is 4.98 Å². The van der Waals surface area contributed by atoms with Gasteiger partial charge in [0.2, 0.25) is 5.91 Å². The summed E-state index contributed by atoms with van der Waals surface area (Å²) in [5, 5.41) is 8.70. The first-order valence-corrected chi connectivity index (χ1v) is 9.66. The van der Waals surface area contributed by atoms with Crippen molar-refractivity contribution in [2.45, 2.75) is 39.5 Å². The number of likely N-dealkylation sites (N-methyl/N-ethyl adjacent to an activating group) is 1. The van der Waals surface area contributed by atoms with Crippen molar-refractivity contribution >= 4 is 11.7 Å². The highest BCUT2D eigenvalue weighted by atomic mass is 16.2. The molecule has 0 aromatic carbocycles. The van der Waals surface area contributed by atoms with E-state index in [0.717, 1.165) is 56.1 Å². The van der Waals surface area contributed by atoms with Gasteiger partial charge < -0.3 is 9.80 Å². The molecular formula is C21H28N6O. The van der Waals surface area contributed by atoms with E-state index in [1.807, 2.05) is 35.9 Å². The largest absolute Gasteiger partial charge is 0.358 e. The standard InChI is InChI=1S/C13H16N4O.C8H12N2/c1-16(7-8-17-6-2-3-13(17)18)12-5-4-11(9-14)10-15-12;1-3-4-8-7(2)9-5-6-10-8/h4-5,10H,2-3,6-8H2,1H3;5-6H,3-4H2,1-2H3.